The molecule has 0 aliphatic carbocycles. The molecule has 1 aliphatic heterocycles. The Labute approximate surface area is 203 Å². The topological polar surface area (TPSA) is 74.6 Å². The van der Waals surface area contributed by atoms with E-state index in [2.05, 4.69) is 45.3 Å². The Morgan fingerprint density at radius 3 is 2.82 bits per heavy atom. The molecule has 0 atom stereocenters. The Balaban J connectivity index is 1.31. The summed E-state index contributed by atoms with van der Waals surface area (Å²) in [5.41, 5.74) is 3.86. The highest BCUT2D eigenvalue weighted by Gasteiger charge is 2.22. The smallest absolute Gasteiger partial charge is 0.275 e. The summed E-state index contributed by atoms with van der Waals surface area (Å²) in [6.07, 6.45) is 4.40. The summed E-state index contributed by atoms with van der Waals surface area (Å²) in [6.45, 7) is 4.24. The number of carbonyl (C=O) groups is 1. The number of aromatic nitrogens is 2. The van der Waals surface area contributed by atoms with E-state index in [1.54, 1.807) is 4.90 Å². The lowest BCUT2D eigenvalue weighted by molar-refractivity contribution is 0.0299. The molecule has 1 N–H and O–H groups in total. The molecule has 0 bridgehead atoms. The molecule has 2 aromatic carbocycles. The molecule has 7 nitrogen and oxygen atoms in total. The molecule has 1 saturated heterocycles. The Bertz CT molecular complexity index is 1260. The van der Waals surface area contributed by atoms with Crippen LogP contribution in [0.15, 0.2) is 65.4 Å². The van der Waals surface area contributed by atoms with Crippen LogP contribution in [0.5, 0.6) is 0 Å². The fourth-order valence-electron chi connectivity index (χ4n) is 4.33. The normalized spacial score (nSPS) is 14.2. The maximum Gasteiger partial charge on any atom is 0.275 e. The maximum absolute atomic E-state index is 12.7. The monoisotopic (exact) mass is 478 g/mol. The molecule has 34 heavy (non-hydrogen) atoms. The van der Waals surface area contributed by atoms with Crippen molar-refractivity contribution in [3.05, 3.63) is 88.7 Å². The van der Waals surface area contributed by atoms with Gasteiger partial charge >= 0.3 is 0 Å². The summed E-state index contributed by atoms with van der Waals surface area (Å²) < 4.78 is 11.0. The van der Waals surface area contributed by atoms with Crippen LogP contribution in [0.2, 0.25) is 5.02 Å². The number of fused-ring (bicyclic) bond motifs is 1. The molecule has 8 heteroatoms. The molecule has 3 heterocycles. The van der Waals surface area contributed by atoms with Gasteiger partial charge in [-0.1, -0.05) is 41.9 Å². The Morgan fingerprint density at radius 2 is 1.97 bits per heavy atom. The van der Waals surface area contributed by atoms with Gasteiger partial charge in [0, 0.05) is 48.3 Å². The molecular formula is C26H27ClN4O3. The van der Waals surface area contributed by atoms with Crippen LogP contribution in [0.25, 0.3) is 10.9 Å². The van der Waals surface area contributed by atoms with E-state index >= 15 is 0 Å². The number of nitrogens with one attached hydrogen (secondary N) is 1. The van der Waals surface area contributed by atoms with Gasteiger partial charge in [-0.15, -0.1) is 0 Å². The third kappa shape index (κ3) is 5.33. The molecule has 0 unspecified atom stereocenters. The van der Waals surface area contributed by atoms with E-state index in [4.69, 9.17) is 20.8 Å². The highest BCUT2D eigenvalue weighted by molar-refractivity contribution is 6.30. The van der Waals surface area contributed by atoms with Gasteiger partial charge in [0.1, 0.15) is 6.26 Å². The largest absolute Gasteiger partial charge is 0.447 e. The van der Waals surface area contributed by atoms with Crippen molar-refractivity contribution in [3.63, 3.8) is 0 Å². The molecule has 0 radical (unpaired) electrons. The summed E-state index contributed by atoms with van der Waals surface area (Å²) in [5.74, 6) is 0.413. The lowest BCUT2D eigenvalue weighted by Crippen LogP contribution is -2.40. The molecule has 5 rings (SSSR count). The average Bonchev–Trinajstić information content (AvgIpc) is 3.50. The van der Waals surface area contributed by atoms with Crippen molar-refractivity contribution < 1.29 is 13.9 Å². The van der Waals surface area contributed by atoms with Crippen LogP contribution < -0.4 is 0 Å². The molecular weight excluding hydrogens is 452 g/mol. The van der Waals surface area contributed by atoms with Gasteiger partial charge in [-0.05, 0) is 35.7 Å². The van der Waals surface area contributed by atoms with Gasteiger partial charge in [0.2, 0.25) is 5.89 Å². The second-order valence-electron chi connectivity index (χ2n) is 8.48. The number of amides is 1. The number of nitrogens with zero attached hydrogens (tertiary/aromatic N) is 3. The van der Waals surface area contributed by atoms with Gasteiger partial charge < -0.3 is 19.0 Å². The second kappa shape index (κ2) is 10.4. The van der Waals surface area contributed by atoms with Gasteiger partial charge in [-0.25, -0.2) is 4.98 Å². The van der Waals surface area contributed by atoms with E-state index in [1.165, 1.54) is 17.2 Å². The van der Waals surface area contributed by atoms with Gasteiger partial charge in [-0.2, -0.15) is 0 Å². The fourth-order valence-corrected chi connectivity index (χ4v) is 4.54. The van der Waals surface area contributed by atoms with Crippen LogP contribution in [-0.4, -0.2) is 58.5 Å². The molecule has 1 amide bonds. The number of rotatable bonds is 8. The van der Waals surface area contributed by atoms with Gasteiger partial charge in [0.05, 0.1) is 19.8 Å². The van der Waals surface area contributed by atoms with Crippen LogP contribution in [-0.2, 0) is 24.2 Å². The van der Waals surface area contributed by atoms with E-state index in [-0.39, 0.29) is 5.91 Å². The molecule has 0 spiro atoms. The summed E-state index contributed by atoms with van der Waals surface area (Å²) in [4.78, 5) is 24.6. The fraction of sp³-hybridized carbons (Fsp3) is 0.308. The maximum atomic E-state index is 12.7. The first-order chi connectivity index (χ1) is 16.7. The van der Waals surface area contributed by atoms with Crippen molar-refractivity contribution in [2.45, 2.75) is 19.5 Å². The number of ether oxygens (including phenoxy) is 1. The predicted octanol–water partition coefficient (Wildman–Crippen LogP) is 4.53. The molecule has 1 aliphatic rings. The van der Waals surface area contributed by atoms with Crippen LogP contribution in [0.3, 0.4) is 0 Å². The third-order valence-corrected chi connectivity index (χ3v) is 6.33. The molecule has 2 aromatic heterocycles. The van der Waals surface area contributed by atoms with E-state index in [0.717, 1.165) is 24.0 Å². The van der Waals surface area contributed by atoms with E-state index in [0.29, 0.717) is 56.0 Å². The molecule has 0 saturated carbocycles. The van der Waals surface area contributed by atoms with Crippen LogP contribution >= 0.6 is 11.6 Å². The quantitative estimate of drug-likeness (QED) is 0.403. The van der Waals surface area contributed by atoms with Gasteiger partial charge in [0.15, 0.2) is 5.69 Å². The zero-order valence-corrected chi connectivity index (χ0v) is 19.6. The minimum atomic E-state index is -0.113. The number of halogens is 1. The minimum absolute atomic E-state index is 0.113. The van der Waals surface area contributed by atoms with Crippen molar-refractivity contribution >= 4 is 28.4 Å². The lowest BCUT2D eigenvalue weighted by Gasteiger charge is -2.25. The highest BCUT2D eigenvalue weighted by Crippen LogP contribution is 2.20. The number of hydrogen-bond acceptors (Lipinski definition) is 5. The van der Waals surface area contributed by atoms with Crippen LogP contribution in [0.4, 0.5) is 0 Å². The minimum Gasteiger partial charge on any atom is -0.447 e. The molecule has 176 valence electrons. The number of aromatic amines is 1. The first-order valence-electron chi connectivity index (χ1n) is 11.5. The summed E-state index contributed by atoms with van der Waals surface area (Å²) in [5, 5.41) is 1.95. The Kier molecular flexibility index (Phi) is 6.94. The second-order valence-corrected chi connectivity index (χ2v) is 8.92. The number of benzene rings is 2. The summed E-state index contributed by atoms with van der Waals surface area (Å²) in [7, 11) is 0. The number of H-pyrrole nitrogens is 1. The van der Waals surface area contributed by atoms with E-state index in [1.807, 2.05) is 24.3 Å². The lowest BCUT2D eigenvalue weighted by atomic mass is 10.1. The third-order valence-electron chi connectivity index (χ3n) is 6.10. The average molecular weight is 479 g/mol. The molecule has 1 fully saturated rings. The van der Waals surface area contributed by atoms with Crippen molar-refractivity contribution in [1.29, 1.82) is 0 Å². The zero-order chi connectivity index (χ0) is 23.3. The highest BCUT2D eigenvalue weighted by atomic mass is 35.5. The first kappa shape index (κ1) is 22.7. The molecule has 4 aromatic rings. The SMILES string of the molecule is O=C(c1coc(CN(CCc2c[nH]c3ccccc23)Cc2cccc(Cl)c2)n1)N1CCOCC1. The van der Waals surface area contributed by atoms with E-state index in [9.17, 15) is 4.79 Å². The van der Waals surface area contributed by atoms with Gasteiger partial charge in [-0.3, -0.25) is 9.69 Å². The number of hydrogen-bond donors (Lipinski definition) is 1. The number of oxazole rings is 1. The Morgan fingerprint density at radius 1 is 1.12 bits per heavy atom. The summed E-state index contributed by atoms with van der Waals surface area (Å²) in [6, 6.07) is 16.2. The predicted molar refractivity (Wildman–Crippen MR) is 131 cm³/mol. The standard InChI is InChI=1S/C26H27ClN4O3/c27-21-5-3-4-19(14-21)16-30(9-8-20-15-28-23-7-2-1-6-22(20)23)17-25-29-24(18-34-25)26(32)31-10-12-33-13-11-31/h1-7,14-15,18,28H,8-13,16-17H2. The van der Waals surface area contributed by atoms with Crippen LogP contribution in [0.1, 0.15) is 27.5 Å². The first-order valence-corrected chi connectivity index (χ1v) is 11.9. The van der Waals surface area contributed by atoms with Crippen LogP contribution in [0, 0.1) is 0 Å². The number of carbonyl (C=O) groups excluding carboxylic acids is 1. The van der Waals surface area contributed by atoms with Crippen molar-refractivity contribution in [3.8, 4) is 0 Å². The number of para-hydroxylation sites is 1. The van der Waals surface area contributed by atoms with Crippen molar-refractivity contribution in [2.75, 3.05) is 32.8 Å². The van der Waals surface area contributed by atoms with E-state index < -0.39 is 0 Å². The summed E-state index contributed by atoms with van der Waals surface area (Å²) >= 11 is 6.22. The van der Waals surface area contributed by atoms with Crippen molar-refractivity contribution in [2.24, 2.45) is 0 Å². The Hall–Kier alpha value is -3.13. The number of morpholine rings is 1. The zero-order valence-electron chi connectivity index (χ0n) is 18.9. The van der Waals surface area contributed by atoms with Crippen molar-refractivity contribution in [1.82, 2.24) is 19.8 Å². The van der Waals surface area contributed by atoms with Gasteiger partial charge in [0.25, 0.3) is 5.91 Å².